The van der Waals surface area contributed by atoms with Crippen LogP contribution in [0.5, 0.6) is 0 Å². The summed E-state index contributed by atoms with van der Waals surface area (Å²) >= 11 is 0. The fourth-order valence-corrected chi connectivity index (χ4v) is 3.58. The lowest BCUT2D eigenvalue weighted by molar-refractivity contribution is -0.142. The molecule has 186 valence electrons. The largest absolute Gasteiger partial charge is 0.444 e. The first kappa shape index (κ1) is 28.5. The smallest absolute Gasteiger partial charge is 0.408 e. The van der Waals surface area contributed by atoms with Gasteiger partial charge in [-0.1, -0.05) is 38.0 Å². The Labute approximate surface area is 199 Å². The van der Waals surface area contributed by atoms with Crippen LogP contribution >= 0.6 is 0 Å². The zero-order chi connectivity index (χ0) is 25.3. The van der Waals surface area contributed by atoms with Gasteiger partial charge in [0.1, 0.15) is 17.7 Å². The van der Waals surface area contributed by atoms with Crippen molar-refractivity contribution < 1.29 is 19.1 Å². The Kier molecular flexibility index (Phi) is 10.9. The maximum atomic E-state index is 13.6. The van der Waals surface area contributed by atoms with Crippen molar-refractivity contribution in [3.05, 3.63) is 34.9 Å². The molecule has 2 N–H and O–H groups in total. The average molecular weight is 462 g/mol. The second kappa shape index (κ2) is 12.6. The number of benzene rings is 1. The molecule has 0 radical (unpaired) electrons. The Morgan fingerprint density at radius 3 is 2.21 bits per heavy atom. The van der Waals surface area contributed by atoms with E-state index >= 15 is 0 Å². The van der Waals surface area contributed by atoms with Crippen molar-refractivity contribution in [1.29, 1.82) is 0 Å². The van der Waals surface area contributed by atoms with Gasteiger partial charge in [0.15, 0.2) is 0 Å². The summed E-state index contributed by atoms with van der Waals surface area (Å²) < 4.78 is 5.32. The highest BCUT2D eigenvalue weighted by Gasteiger charge is 2.35. The van der Waals surface area contributed by atoms with Gasteiger partial charge >= 0.3 is 6.09 Å². The molecule has 7 heteroatoms. The van der Waals surface area contributed by atoms with Gasteiger partial charge in [-0.05, 0) is 78.5 Å². The van der Waals surface area contributed by atoms with Gasteiger partial charge in [-0.25, -0.2) is 4.79 Å². The molecule has 2 unspecified atom stereocenters. The van der Waals surface area contributed by atoms with E-state index in [1.165, 1.54) is 0 Å². The molecule has 0 fully saturated rings. The van der Waals surface area contributed by atoms with Crippen molar-refractivity contribution in [2.45, 2.75) is 105 Å². The summed E-state index contributed by atoms with van der Waals surface area (Å²) in [5.41, 5.74) is 2.15. The topological polar surface area (TPSA) is 87.7 Å². The maximum absolute atomic E-state index is 13.6. The molecule has 1 rings (SSSR count). The number of carbonyl (C=O) groups excluding carboxylic acids is 3. The third-order valence-electron chi connectivity index (χ3n) is 5.32. The summed E-state index contributed by atoms with van der Waals surface area (Å²) in [7, 11) is 0. The Morgan fingerprint density at radius 1 is 1.03 bits per heavy atom. The van der Waals surface area contributed by atoms with Crippen molar-refractivity contribution in [2.75, 3.05) is 6.54 Å². The molecule has 0 spiro atoms. The molecule has 0 heterocycles. The molecule has 0 aliphatic rings. The minimum Gasteiger partial charge on any atom is -0.444 e. The molecule has 2 atom stereocenters. The Balaban J connectivity index is 3.37. The lowest BCUT2D eigenvalue weighted by atomic mass is 9.94. The molecule has 0 bridgehead atoms. The SMILES string of the molecule is CCCCCN(C(=O)C(C)NC(=O)OC(C)(C)C)C(C(=O)NC(C)C)c1cccc(C)c1C. The molecule has 0 saturated heterocycles. The van der Waals surface area contributed by atoms with Crippen LogP contribution in [-0.2, 0) is 14.3 Å². The molecule has 1 aromatic rings. The number of nitrogens with one attached hydrogen (secondary N) is 2. The molecule has 0 aliphatic carbocycles. The number of aryl methyl sites for hydroxylation is 1. The summed E-state index contributed by atoms with van der Waals surface area (Å²) in [4.78, 5) is 40.9. The van der Waals surface area contributed by atoms with Crippen molar-refractivity contribution in [1.82, 2.24) is 15.5 Å². The first-order valence-corrected chi connectivity index (χ1v) is 11.9. The Morgan fingerprint density at radius 2 is 1.67 bits per heavy atom. The molecule has 3 amide bonds. The molecule has 33 heavy (non-hydrogen) atoms. The number of carbonyl (C=O) groups is 3. The highest BCUT2D eigenvalue weighted by Crippen LogP contribution is 2.28. The van der Waals surface area contributed by atoms with Gasteiger partial charge in [0, 0.05) is 12.6 Å². The Bertz CT molecular complexity index is 814. The molecule has 0 saturated carbocycles. The standard InChI is InChI=1S/C26H43N3O4/c1-10-11-12-16-29(24(31)20(6)28-25(32)33-26(7,8)9)22(23(30)27-17(2)3)21-15-13-14-18(4)19(21)5/h13-15,17,20,22H,10-12,16H2,1-9H3,(H,27,30)(H,28,32). The number of nitrogens with zero attached hydrogens (tertiary/aromatic N) is 1. The number of hydrogen-bond donors (Lipinski definition) is 2. The van der Waals surface area contributed by atoms with Crippen LogP contribution in [0.25, 0.3) is 0 Å². The van der Waals surface area contributed by atoms with E-state index in [1.54, 1.807) is 32.6 Å². The van der Waals surface area contributed by atoms with Crippen molar-refractivity contribution in [3.63, 3.8) is 0 Å². The fourth-order valence-electron chi connectivity index (χ4n) is 3.58. The monoisotopic (exact) mass is 461 g/mol. The van der Waals surface area contributed by atoms with E-state index in [9.17, 15) is 14.4 Å². The number of ether oxygens (including phenoxy) is 1. The van der Waals surface area contributed by atoms with Crippen molar-refractivity contribution in [3.8, 4) is 0 Å². The summed E-state index contributed by atoms with van der Waals surface area (Å²) in [5.74, 6) is -0.546. The first-order valence-electron chi connectivity index (χ1n) is 11.9. The number of rotatable bonds is 10. The second-order valence-corrected chi connectivity index (χ2v) is 9.96. The van der Waals surface area contributed by atoms with Gasteiger partial charge in [-0.15, -0.1) is 0 Å². The number of hydrogen-bond acceptors (Lipinski definition) is 4. The summed E-state index contributed by atoms with van der Waals surface area (Å²) in [6.45, 7) is 17.2. The van der Waals surface area contributed by atoms with Gasteiger partial charge in [0.05, 0.1) is 0 Å². The summed E-state index contributed by atoms with van der Waals surface area (Å²) in [6, 6.07) is 4.09. The van der Waals surface area contributed by atoms with E-state index in [2.05, 4.69) is 17.6 Å². The summed E-state index contributed by atoms with van der Waals surface area (Å²) in [6.07, 6.45) is 2.02. The predicted octanol–water partition coefficient (Wildman–Crippen LogP) is 4.80. The van der Waals surface area contributed by atoms with Crippen LogP contribution in [0.15, 0.2) is 18.2 Å². The van der Waals surface area contributed by atoms with Gasteiger partial charge in [0.25, 0.3) is 0 Å². The highest BCUT2D eigenvalue weighted by atomic mass is 16.6. The van der Waals surface area contributed by atoms with Crippen molar-refractivity contribution >= 4 is 17.9 Å². The van der Waals surface area contributed by atoms with E-state index < -0.39 is 23.8 Å². The first-order chi connectivity index (χ1) is 15.3. The molecular weight excluding hydrogens is 418 g/mol. The third kappa shape index (κ3) is 9.06. The van der Waals surface area contributed by atoms with E-state index in [1.807, 2.05) is 45.9 Å². The number of amides is 3. The number of unbranched alkanes of at least 4 members (excludes halogenated alkanes) is 2. The van der Waals surface area contributed by atoms with E-state index in [-0.39, 0.29) is 17.9 Å². The van der Waals surface area contributed by atoms with Gasteiger partial charge in [-0.3, -0.25) is 9.59 Å². The third-order valence-corrected chi connectivity index (χ3v) is 5.32. The molecule has 0 aliphatic heterocycles. The highest BCUT2D eigenvalue weighted by molar-refractivity contribution is 5.92. The quantitative estimate of drug-likeness (QED) is 0.490. The van der Waals surface area contributed by atoms with Gasteiger partial charge < -0.3 is 20.3 Å². The predicted molar refractivity (Wildman–Crippen MR) is 132 cm³/mol. The van der Waals surface area contributed by atoms with Crippen molar-refractivity contribution in [2.24, 2.45) is 0 Å². The van der Waals surface area contributed by atoms with Crippen LogP contribution < -0.4 is 10.6 Å². The van der Waals surface area contributed by atoms with Gasteiger partial charge in [0.2, 0.25) is 11.8 Å². The minimum atomic E-state index is -0.846. The number of alkyl carbamates (subject to hydrolysis) is 1. The van der Waals surface area contributed by atoms with Crippen LogP contribution in [-0.4, -0.2) is 47.0 Å². The second-order valence-electron chi connectivity index (χ2n) is 9.96. The van der Waals surface area contributed by atoms with Crippen LogP contribution in [0.3, 0.4) is 0 Å². The van der Waals surface area contributed by atoms with E-state index in [4.69, 9.17) is 4.74 Å². The van der Waals surface area contributed by atoms with Crippen LogP contribution in [0.4, 0.5) is 4.79 Å². The fraction of sp³-hybridized carbons (Fsp3) is 0.654. The molecule has 0 aromatic heterocycles. The van der Waals surface area contributed by atoms with Gasteiger partial charge in [-0.2, -0.15) is 0 Å². The zero-order valence-corrected chi connectivity index (χ0v) is 21.9. The van der Waals surface area contributed by atoms with E-state index in [0.717, 1.165) is 36.0 Å². The molecular formula is C26H43N3O4. The normalized spacial score (nSPS) is 13.3. The summed E-state index contributed by atoms with van der Waals surface area (Å²) in [5, 5.41) is 5.61. The lowest BCUT2D eigenvalue weighted by Gasteiger charge is -2.35. The molecule has 1 aromatic carbocycles. The van der Waals surface area contributed by atoms with E-state index in [0.29, 0.717) is 6.54 Å². The zero-order valence-electron chi connectivity index (χ0n) is 21.9. The Hall–Kier alpha value is -2.57. The molecule has 7 nitrogen and oxygen atoms in total. The van der Waals surface area contributed by atoms with Crippen LogP contribution in [0, 0.1) is 13.8 Å². The average Bonchev–Trinajstić information content (AvgIpc) is 2.67. The van der Waals surface area contributed by atoms with Crippen LogP contribution in [0.1, 0.15) is 90.5 Å². The minimum absolute atomic E-state index is 0.0741. The lowest BCUT2D eigenvalue weighted by Crippen LogP contribution is -2.52. The maximum Gasteiger partial charge on any atom is 0.408 e. The van der Waals surface area contributed by atoms with Crippen LogP contribution in [0.2, 0.25) is 0 Å².